The Balaban J connectivity index is 3.72. The maximum Gasteiger partial charge on any atom is 0.264 e. The van der Waals surface area contributed by atoms with Crippen LogP contribution in [0.3, 0.4) is 0 Å². The highest BCUT2D eigenvalue weighted by atomic mass is 32.2. The Morgan fingerprint density at radius 1 is 1.46 bits per heavy atom. The normalized spacial score (nSPS) is 14.1. The van der Waals surface area contributed by atoms with Gasteiger partial charge in [0.25, 0.3) is 10.1 Å². The van der Waals surface area contributed by atoms with Gasteiger partial charge in [-0.25, -0.2) is 0 Å². The lowest BCUT2D eigenvalue weighted by Gasteiger charge is -2.05. The van der Waals surface area contributed by atoms with Crippen molar-refractivity contribution in [2.45, 2.75) is 33.1 Å². The molecule has 1 atom stereocenters. The molecule has 0 aromatic rings. The summed E-state index contributed by atoms with van der Waals surface area (Å²) in [6.45, 7) is 3.72. The van der Waals surface area contributed by atoms with Crippen LogP contribution in [0.15, 0.2) is 0 Å². The van der Waals surface area contributed by atoms with Gasteiger partial charge in [-0.15, -0.1) is 0 Å². The lowest BCUT2D eigenvalue weighted by Crippen LogP contribution is -2.12. The largest absolute Gasteiger partial charge is 0.299 e. The van der Waals surface area contributed by atoms with Gasteiger partial charge in [0.1, 0.15) is 5.78 Å². The van der Waals surface area contributed by atoms with Gasteiger partial charge >= 0.3 is 0 Å². The van der Waals surface area contributed by atoms with Gasteiger partial charge in [0.15, 0.2) is 0 Å². The van der Waals surface area contributed by atoms with E-state index in [1.807, 2.05) is 13.8 Å². The van der Waals surface area contributed by atoms with Crippen LogP contribution in [0.25, 0.3) is 0 Å². The molecule has 1 unspecified atom stereocenters. The fraction of sp³-hybridized carbons (Fsp3) is 0.875. The van der Waals surface area contributed by atoms with E-state index in [1.54, 1.807) is 0 Å². The van der Waals surface area contributed by atoms with Gasteiger partial charge < -0.3 is 0 Å². The van der Waals surface area contributed by atoms with Crippen molar-refractivity contribution < 1.29 is 17.8 Å². The highest BCUT2D eigenvalue weighted by Crippen LogP contribution is 2.07. The van der Waals surface area contributed by atoms with Crippen molar-refractivity contribution in [3.63, 3.8) is 0 Å². The van der Waals surface area contributed by atoms with Crippen molar-refractivity contribution in [2.24, 2.45) is 5.92 Å². The lowest BCUT2D eigenvalue weighted by atomic mass is 10.0. The molecular formula is C8H16O4S. The van der Waals surface area contributed by atoms with Crippen LogP contribution in [0.2, 0.25) is 0 Å². The van der Waals surface area contributed by atoms with E-state index in [2.05, 4.69) is 0 Å². The molecule has 0 aromatic carbocycles. The SMILES string of the molecule is CCC(C)C(=O)CCCS(=O)(=O)O. The first-order valence-electron chi connectivity index (χ1n) is 4.34. The molecule has 0 rings (SSSR count). The van der Waals surface area contributed by atoms with Gasteiger partial charge in [-0.1, -0.05) is 13.8 Å². The van der Waals surface area contributed by atoms with Gasteiger partial charge in [0.2, 0.25) is 0 Å². The van der Waals surface area contributed by atoms with Crippen LogP contribution < -0.4 is 0 Å². The second-order valence-electron chi connectivity index (χ2n) is 3.17. The third-order valence-electron chi connectivity index (χ3n) is 1.99. The maximum atomic E-state index is 11.2. The molecule has 0 aliphatic carbocycles. The van der Waals surface area contributed by atoms with Crippen LogP contribution in [0.1, 0.15) is 33.1 Å². The van der Waals surface area contributed by atoms with Gasteiger partial charge in [-0.3, -0.25) is 9.35 Å². The van der Waals surface area contributed by atoms with Crippen molar-refractivity contribution in [3.05, 3.63) is 0 Å². The Morgan fingerprint density at radius 2 is 2.00 bits per heavy atom. The predicted molar refractivity (Wildman–Crippen MR) is 50.1 cm³/mol. The Kier molecular flexibility index (Phi) is 5.17. The zero-order valence-corrected chi connectivity index (χ0v) is 8.80. The van der Waals surface area contributed by atoms with E-state index in [9.17, 15) is 13.2 Å². The second kappa shape index (κ2) is 5.34. The molecule has 0 bridgehead atoms. The Hall–Kier alpha value is -0.420. The van der Waals surface area contributed by atoms with E-state index in [-0.39, 0.29) is 30.3 Å². The molecule has 0 spiro atoms. The molecule has 13 heavy (non-hydrogen) atoms. The summed E-state index contributed by atoms with van der Waals surface area (Å²) in [5.41, 5.74) is 0. The van der Waals surface area contributed by atoms with Crippen LogP contribution in [0, 0.1) is 5.92 Å². The minimum Gasteiger partial charge on any atom is -0.299 e. The zero-order chi connectivity index (χ0) is 10.5. The van der Waals surface area contributed by atoms with Crippen LogP contribution in [-0.2, 0) is 14.9 Å². The molecule has 0 aromatic heterocycles. The molecule has 4 nitrogen and oxygen atoms in total. The molecule has 0 aliphatic rings. The van der Waals surface area contributed by atoms with Crippen molar-refractivity contribution in [3.8, 4) is 0 Å². The number of ketones is 1. The average Bonchev–Trinajstić information content (AvgIpc) is 2.00. The number of Topliss-reactive ketones (excluding diaryl/α,β-unsaturated/α-hetero) is 1. The fourth-order valence-corrected chi connectivity index (χ4v) is 1.41. The summed E-state index contributed by atoms with van der Waals surface area (Å²) in [6.07, 6.45) is 1.21. The van der Waals surface area contributed by atoms with E-state index in [4.69, 9.17) is 4.55 Å². The molecule has 0 fully saturated rings. The van der Waals surface area contributed by atoms with E-state index >= 15 is 0 Å². The van der Waals surface area contributed by atoms with Crippen LogP contribution in [-0.4, -0.2) is 24.5 Å². The Labute approximate surface area is 79.1 Å². The predicted octanol–water partition coefficient (Wildman–Crippen LogP) is 1.27. The molecule has 1 N–H and O–H groups in total. The second-order valence-corrected chi connectivity index (χ2v) is 4.74. The maximum absolute atomic E-state index is 11.2. The van der Waals surface area contributed by atoms with Crippen LogP contribution >= 0.6 is 0 Å². The Morgan fingerprint density at radius 3 is 2.38 bits per heavy atom. The first kappa shape index (κ1) is 12.6. The van der Waals surface area contributed by atoms with Crippen molar-refractivity contribution in [1.82, 2.24) is 0 Å². The van der Waals surface area contributed by atoms with Crippen molar-refractivity contribution in [2.75, 3.05) is 5.75 Å². The monoisotopic (exact) mass is 208 g/mol. The van der Waals surface area contributed by atoms with E-state index in [0.29, 0.717) is 0 Å². The number of carbonyl (C=O) groups is 1. The quantitative estimate of drug-likeness (QED) is 0.667. The van der Waals surface area contributed by atoms with Crippen molar-refractivity contribution in [1.29, 1.82) is 0 Å². The highest BCUT2D eigenvalue weighted by molar-refractivity contribution is 7.85. The molecule has 5 heteroatoms. The summed E-state index contributed by atoms with van der Waals surface area (Å²) in [5.74, 6) is -0.276. The summed E-state index contributed by atoms with van der Waals surface area (Å²) < 4.78 is 29.0. The summed E-state index contributed by atoms with van der Waals surface area (Å²) in [7, 11) is -3.90. The van der Waals surface area contributed by atoms with Crippen molar-refractivity contribution >= 4 is 15.9 Å². The smallest absolute Gasteiger partial charge is 0.264 e. The molecule has 0 saturated carbocycles. The minimum absolute atomic E-state index is 0.0126. The number of rotatable bonds is 6. The zero-order valence-electron chi connectivity index (χ0n) is 7.99. The molecule has 0 saturated heterocycles. The number of carbonyl (C=O) groups excluding carboxylic acids is 1. The molecule has 78 valence electrons. The molecule has 0 heterocycles. The number of hydrogen-bond acceptors (Lipinski definition) is 3. The van der Waals surface area contributed by atoms with Crippen LogP contribution in [0.4, 0.5) is 0 Å². The fourth-order valence-electron chi connectivity index (χ4n) is 0.903. The third-order valence-corrected chi connectivity index (χ3v) is 2.79. The molecule has 0 amide bonds. The highest BCUT2D eigenvalue weighted by Gasteiger charge is 2.12. The van der Waals surface area contributed by atoms with E-state index in [1.165, 1.54) is 0 Å². The first-order valence-corrected chi connectivity index (χ1v) is 5.95. The first-order chi connectivity index (χ1) is 5.87. The molecule has 0 radical (unpaired) electrons. The summed E-state index contributed by atoms with van der Waals surface area (Å²) in [5, 5.41) is 0. The third kappa shape index (κ3) is 6.72. The lowest BCUT2D eigenvalue weighted by molar-refractivity contribution is -0.122. The average molecular weight is 208 g/mol. The van der Waals surface area contributed by atoms with Gasteiger partial charge in [-0.2, -0.15) is 8.42 Å². The van der Waals surface area contributed by atoms with E-state index < -0.39 is 10.1 Å². The summed E-state index contributed by atoms with van der Waals surface area (Å²) >= 11 is 0. The molecular weight excluding hydrogens is 192 g/mol. The summed E-state index contributed by atoms with van der Waals surface area (Å²) in [4.78, 5) is 11.2. The van der Waals surface area contributed by atoms with Gasteiger partial charge in [0, 0.05) is 12.3 Å². The topological polar surface area (TPSA) is 71.4 Å². The van der Waals surface area contributed by atoms with Gasteiger partial charge in [0.05, 0.1) is 5.75 Å². The van der Waals surface area contributed by atoms with Gasteiger partial charge in [-0.05, 0) is 12.8 Å². The Bertz CT molecular complexity index is 255. The summed E-state index contributed by atoms with van der Waals surface area (Å²) in [6, 6.07) is 0. The standard InChI is InChI=1S/C8H16O4S/c1-3-7(2)8(9)5-4-6-13(10,11)12/h7H,3-6H2,1-2H3,(H,10,11,12). The molecule has 0 aliphatic heterocycles. The van der Waals surface area contributed by atoms with Crippen LogP contribution in [0.5, 0.6) is 0 Å². The minimum atomic E-state index is -3.90. The van der Waals surface area contributed by atoms with E-state index in [0.717, 1.165) is 6.42 Å². The number of hydrogen-bond donors (Lipinski definition) is 1.